The van der Waals surface area contributed by atoms with Crippen LogP contribution in [0.3, 0.4) is 0 Å². The van der Waals surface area contributed by atoms with Gasteiger partial charge >= 0.3 is 0 Å². The van der Waals surface area contributed by atoms with Crippen molar-refractivity contribution in [3.63, 3.8) is 0 Å². The Bertz CT molecular complexity index is 789. The maximum Gasteiger partial charge on any atom is 0.268 e. The second-order valence-electron chi connectivity index (χ2n) is 4.12. The molecule has 1 aromatic carbocycles. The molecule has 0 bridgehead atoms. The first kappa shape index (κ1) is 15.8. The molecule has 112 valence electrons. The summed E-state index contributed by atoms with van der Waals surface area (Å²) in [5.74, 6) is -4.33. The lowest BCUT2D eigenvalue weighted by molar-refractivity contribution is 0.498. The summed E-state index contributed by atoms with van der Waals surface area (Å²) in [6, 6.07) is 2.15. The van der Waals surface area contributed by atoms with Crippen LogP contribution in [0.15, 0.2) is 33.8 Å². The van der Waals surface area contributed by atoms with E-state index >= 15 is 0 Å². The molecule has 0 saturated heterocycles. The number of pyridine rings is 1. The number of sulfonamides is 1. The van der Waals surface area contributed by atoms with Gasteiger partial charge in [-0.05, 0) is 34.5 Å². The number of hydrogen-bond donors (Lipinski definition) is 1. The number of aryl methyl sites for hydroxylation is 1. The summed E-state index contributed by atoms with van der Waals surface area (Å²) in [5.41, 5.74) is 0.441. The molecule has 1 heterocycles. The molecule has 0 aliphatic rings. The second-order valence-corrected chi connectivity index (χ2v) is 6.66. The summed E-state index contributed by atoms with van der Waals surface area (Å²) in [6.07, 6.45) is 1.32. The van der Waals surface area contributed by atoms with Crippen molar-refractivity contribution in [3.05, 3.63) is 51.9 Å². The molecule has 0 atom stereocenters. The number of anilines is 1. The number of nitrogens with zero attached hydrogens (tertiary/aromatic N) is 1. The van der Waals surface area contributed by atoms with Gasteiger partial charge in [-0.1, -0.05) is 0 Å². The summed E-state index contributed by atoms with van der Waals surface area (Å²) < 4.78 is 66.5. The third kappa shape index (κ3) is 3.35. The van der Waals surface area contributed by atoms with Crippen molar-refractivity contribution in [2.45, 2.75) is 11.8 Å². The molecular formula is C12H8BrF3N2O2S. The largest absolute Gasteiger partial charge is 0.268 e. The Morgan fingerprint density at radius 2 is 1.71 bits per heavy atom. The average molecular weight is 381 g/mol. The minimum atomic E-state index is -4.57. The van der Waals surface area contributed by atoms with Crippen LogP contribution in [0.2, 0.25) is 0 Å². The van der Waals surface area contributed by atoms with E-state index in [1.54, 1.807) is 13.0 Å². The van der Waals surface area contributed by atoms with Gasteiger partial charge in [0.15, 0.2) is 4.90 Å². The molecule has 0 radical (unpaired) electrons. The highest BCUT2D eigenvalue weighted by Gasteiger charge is 2.26. The van der Waals surface area contributed by atoms with Crippen LogP contribution in [0.25, 0.3) is 0 Å². The van der Waals surface area contributed by atoms with E-state index in [9.17, 15) is 21.6 Å². The zero-order chi connectivity index (χ0) is 15.8. The summed E-state index contributed by atoms with van der Waals surface area (Å²) in [6.45, 7) is 1.56. The Morgan fingerprint density at radius 1 is 1.14 bits per heavy atom. The predicted octanol–water partition coefficient (Wildman–Crippen LogP) is 3.37. The zero-order valence-corrected chi connectivity index (χ0v) is 12.9. The van der Waals surface area contributed by atoms with Crippen molar-refractivity contribution >= 4 is 31.8 Å². The number of nitrogens with one attached hydrogen (secondary N) is 1. The number of benzene rings is 1. The number of aromatic nitrogens is 1. The first-order chi connectivity index (χ1) is 9.70. The Kier molecular flexibility index (Phi) is 4.24. The fraction of sp³-hybridized carbons (Fsp3) is 0.0833. The Balaban J connectivity index is 2.48. The molecule has 21 heavy (non-hydrogen) atoms. The van der Waals surface area contributed by atoms with Crippen LogP contribution in [-0.4, -0.2) is 13.4 Å². The van der Waals surface area contributed by atoms with Crippen LogP contribution in [0, 0.1) is 24.4 Å². The van der Waals surface area contributed by atoms with Gasteiger partial charge in [-0.2, -0.15) is 0 Å². The maximum atomic E-state index is 13.5. The lowest BCUT2D eigenvalue weighted by atomic mass is 10.3. The van der Waals surface area contributed by atoms with E-state index in [4.69, 9.17) is 0 Å². The van der Waals surface area contributed by atoms with Crippen LogP contribution in [0.1, 0.15) is 5.56 Å². The van der Waals surface area contributed by atoms with E-state index < -0.39 is 32.4 Å². The van der Waals surface area contributed by atoms with E-state index in [1.807, 2.05) is 4.72 Å². The van der Waals surface area contributed by atoms with E-state index in [0.29, 0.717) is 22.2 Å². The first-order valence-corrected chi connectivity index (χ1v) is 7.78. The first-order valence-electron chi connectivity index (χ1n) is 5.50. The lowest BCUT2D eigenvalue weighted by Gasteiger charge is -2.11. The fourth-order valence-corrected chi connectivity index (χ4v) is 3.26. The van der Waals surface area contributed by atoms with Crippen molar-refractivity contribution in [2.75, 3.05) is 4.72 Å². The van der Waals surface area contributed by atoms with E-state index in [0.717, 1.165) is 0 Å². The van der Waals surface area contributed by atoms with Crippen molar-refractivity contribution in [2.24, 2.45) is 0 Å². The second kappa shape index (κ2) is 5.64. The van der Waals surface area contributed by atoms with E-state index in [1.165, 1.54) is 6.20 Å². The molecule has 1 N–H and O–H groups in total. The molecule has 0 amide bonds. The summed E-state index contributed by atoms with van der Waals surface area (Å²) in [4.78, 5) is 2.55. The average Bonchev–Trinajstić information content (AvgIpc) is 2.30. The highest BCUT2D eigenvalue weighted by Crippen LogP contribution is 2.24. The van der Waals surface area contributed by atoms with Crippen molar-refractivity contribution in [3.8, 4) is 0 Å². The predicted molar refractivity (Wildman–Crippen MR) is 73.8 cm³/mol. The quantitative estimate of drug-likeness (QED) is 0.887. The minimum absolute atomic E-state index is 0.0821. The molecule has 0 aliphatic heterocycles. The number of halogens is 4. The van der Waals surface area contributed by atoms with Gasteiger partial charge in [-0.25, -0.2) is 26.6 Å². The Hall–Kier alpha value is -1.61. The topological polar surface area (TPSA) is 59.1 Å². The minimum Gasteiger partial charge on any atom is -0.263 e. The van der Waals surface area contributed by atoms with Crippen LogP contribution < -0.4 is 4.72 Å². The Morgan fingerprint density at radius 3 is 2.24 bits per heavy atom. The lowest BCUT2D eigenvalue weighted by Crippen LogP contribution is -2.18. The van der Waals surface area contributed by atoms with Crippen LogP contribution >= 0.6 is 15.9 Å². The molecule has 0 saturated carbocycles. The molecule has 9 heteroatoms. The summed E-state index contributed by atoms with van der Waals surface area (Å²) in [5, 5.41) is 0. The normalized spacial score (nSPS) is 11.5. The Labute approximate surface area is 127 Å². The van der Waals surface area contributed by atoms with Crippen LogP contribution in [0.4, 0.5) is 19.0 Å². The van der Waals surface area contributed by atoms with Gasteiger partial charge in [0.25, 0.3) is 10.0 Å². The van der Waals surface area contributed by atoms with Crippen molar-refractivity contribution < 1.29 is 21.6 Å². The SMILES string of the molecule is Cc1cc(Br)cnc1NS(=O)(=O)c1c(F)cc(F)cc1F. The van der Waals surface area contributed by atoms with Gasteiger partial charge in [0.05, 0.1) is 0 Å². The van der Waals surface area contributed by atoms with Crippen molar-refractivity contribution in [1.82, 2.24) is 4.98 Å². The molecule has 0 unspecified atom stereocenters. The van der Waals surface area contributed by atoms with Gasteiger partial charge < -0.3 is 0 Å². The fourth-order valence-electron chi connectivity index (χ4n) is 1.61. The molecule has 4 nitrogen and oxygen atoms in total. The summed E-state index contributed by atoms with van der Waals surface area (Å²) >= 11 is 3.15. The van der Waals surface area contributed by atoms with Gasteiger partial charge in [-0.3, -0.25) is 4.72 Å². The van der Waals surface area contributed by atoms with Crippen LogP contribution in [0.5, 0.6) is 0 Å². The highest BCUT2D eigenvalue weighted by molar-refractivity contribution is 9.10. The highest BCUT2D eigenvalue weighted by atomic mass is 79.9. The molecular weight excluding hydrogens is 373 g/mol. The summed E-state index contributed by atoms with van der Waals surface area (Å²) in [7, 11) is -4.57. The van der Waals surface area contributed by atoms with Gasteiger partial charge in [0.1, 0.15) is 23.3 Å². The molecule has 0 spiro atoms. The molecule has 0 aliphatic carbocycles. The maximum absolute atomic E-state index is 13.5. The number of rotatable bonds is 3. The van der Waals surface area contributed by atoms with E-state index in [2.05, 4.69) is 20.9 Å². The molecule has 2 rings (SSSR count). The molecule has 0 fully saturated rings. The molecule has 1 aromatic heterocycles. The third-order valence-corrected chi connectivity index (χ3v) is 4.33. The zero-order valence-electron chi connectivity index (χ0n) is 10.5. The van der Waals surface area contributed by atoms with Gasteiger partial charge in [0, 0.05) is 22.8 Å². The molecule has 2 aromatic rings. The number of hydrogen-bond acceptors (Lipinski definition) is 3. The van der Waals surface area contributed by atoms with Gasteiger partial charge in [-0.15, -0.1) is 0 Å². The monoisotopic (exact) mass is 380 g/mol. The third-order valence-electron chi connectivity index (χ3n) is 2.51. The van der Waals surface area contributed by atoms with Crippen molar-refractivity contribution in [1.29, 1.82) is 0 Å². The van der Waals surface area contributed by atoms with Crippen LogP contribution in [-0.2, 0) is 10.0 Å². The van der Waals surface area contributed by atoms with E-state index in [-0.39, 0.29) is 5.82 Å². The smallest absolute Gasteiger partial charge is 0.263 e. The standard InChI is InChI=1S/C12H8BrF3N2O2S/c1-6-2-7(13)5-17-12(6)18-21(19,20)11-9(15)3-8(14)4-10(11)16/h2-5H,1H3,(H,17,18). The van der Waals surface area contributed by atoms with Gasteiger partial charge in [0.2, 0.25) is 0 Å².